The van der Waals surface area contributed by atoms with Gasteiger partial charge in [-0.25, -0.2) is 24.4 Å². The molecule has 1 heterocycles. The van der Waals surface area contributed by atoms with Crippen molar-refractivity contribution in [2.45, 2.75) is 23.4 Å². The lowest BCUT2D eigenvalue weighted by Gasteiger charge is -2.12. The highest BCUT2D eigenvalue weighted by Gasteiger charge is 2.31. The second-order valence-electron chi connectivity index (χ2n) is 5.75. The highest BCUT2D eigenvalue weighted by molar-refractivity contribution is 7.89. The Morgan fingerprint density at radius 1 is 1.12 bits per heavy atom. The topological polar surface area (TPSA) is 134 Å². The van der Waals surface area contributed by atoms with Crippen molar-refractivity contribution in [2.24, 2.45) is 5.14 Å². The van der Waals surface area contributed by atoms with E-state index >= 15 is 0 Å². The van der Waals surface area contributed by atoms with Gasteiger partial charge in [-0.3, -0.25) is 4.79 Å². The molecule has 2 atom stereocenters. The molecule has 0 aromatic heterocycles. The minimum Gasteiger partial charge on any atom is -0.508 e. The smallest absolute Gasteiger partial charge is 0.242 e. The third-order valence-electron chi connectivity index (χ3n) is 3.98. The number of hydrogen-bond acceptors (Lipinski definition) is 6. The third-order valence-corrected chi connectivity index (χ3v) is 4.91. The molecule has 2 aromatic carbocycles. The van der Waals surface area contributed by atoms with Crippen molar-refractivity contribution in [1.82, 2.24) is 10.9 Å². The number of phenols is 1. The number of rotatable bonds is 4. The number of carbonyl (C=O) groups excluding carboxylic acids is 1. The molecule has 1 amide bonds. The number of para-hydroxylation sites is 1. The summed E-state index contributed by atoms with van der Waals surface area (Å²) in [6, 6.07) is 11.9. The van der Waals surface area contributed by atoms with E-state index in [9.17, 15) is 18.3 Å². The van der Waals surface area contributed by atoms with Crippen LogP contribution in [-0.2, 0) is 14.8 Å². The second-order valence-corrected chi connectivity index (χ2v) is 7.31. The van der Waals surface area contributed by atoms with Crippen LogP contribution in [0.15, 0.2) is 53.4 Å². The Morgan fingerprint density at radius 3 is 2.44 bits per heavy atom. The number of hydrogen-bond donors (Lipinski definition) is 5. The molecule has 3 rings (SSSR count). The Balaban J connectivity index is 1.64. The predicted octanol–water partition coefficient (Wildman–Crippen LogP) is 0.586. The number of anilines is 1. The van der Waals surface area contributed by atoms with Gasteiger partial charge in [0.2, 0.25) is 15.9 Å². The van der Waals surface area contributed by atoms with Gasteiger partial charge >= 0.3 is 0 Å². The minimum absolute atomic E-state index is 0.0224. The van der Waals surface area contributed by atoms with E-state index in [4.69, 9.17) is 5.14 Å². The van der Waals surface area contributed by atoms with Crippen LogP contribution in [0.25, 0.3) is 0 Å². The third kappa shape index (κ3) is 3.97. The molecule has 8 nitrogen and oxygen atoms in total. The van der Waals surface area contributed by atoms with Crippen molar-refractivity contribution in [3.63, 3.8) is 0 Å². The lowest BCUT2D eigenvalue weighted by molar-refractivity contribution is -0.117. The highest BCUT2D eigenvalue weighted by Crippen LogP contribution is 2.29. The molecule has 9 heteroatoms. The fraction of sp³-hybridized carbons (Fsp3) is 0.188. The van der Waals surface area contributed by atoms with E-state index in [2.05, 4.69) is 16.2 Å². The molecule has 0 spiro atoms. The van der Waals surface area contributed by atoms with E-state index in [1.807, 2.05) is 6.07 Å². The molecule has 2 unspecified atom stereocenters. The van der Waals surface area contributed by atoms with Gasteiger partial charge in [0, 0.05) is 11.3 Å². The summed E-state index contributed by atoms with van der Waals surface area (Å²) in [4.78, 5) is 12.3. The fourth-order valence-electron chi connectivity index (χ4n) is 2.67. The average Bonchev–Trinajstić information content (AvgIpc) is 3.05. The molecular formula is C16H18N4O4S. The number of phenolic OH excluding ortho intramolecular Hbond substituents is 1. The molecule has 0 radical (unpaired) electrons. The molecule has 0 bridgehead atoms. The van der Waals surface area contributed by atoms with Gasteiger partial charge in [-0.05, 0) is 36.8 Å². The standard InChI is InChI=1S/C16H18N4O4S/c17-25(23,24)11-7-5-10(6-8-11)18-16(22)14-9-13(19-20-14)12-3-1-2-4-15(12)21/h1-8,13-14,19-21H,9H2,(H,18,22)(H2,17,23,24). The number of benzene rings is 2. The average molecular weight is 362 g/mol. The Kier molecular flexibility index (Phi) is 4.73. The zero-order chi connectivity index (χ0) is 18.0. The monoisotopic (exact) mass is 362 g/mol. The van der Waals surface area contributed by atoms with Gasteiger partial charge in [-0.15, -0.1) is 0 Å². The number of nitrogens with two attached hydrogens (primary N) is 1. The molecule has 25 heavy (non-hydrogen) atoms. The summed E-state index contributed by atoms with van der Waals surface area (Å²) in [7, 11) is -3.76. The van der Waals surface area contributed by atoms with Crippen molar-refractivity contribution in [2.75, 3.05) is 5.32 Å². The first-order valence-corrected chi connectivity index (χ1v) is 9.12. The van der Waals surface area contributed by atoms with E-state index < -0.39 is 16.1 Å². The quantitative estimate of drug-likeness (QED) is 0.540. The van der Waals surface area contributed by atoms with Crippen LogP contribution in [0, 0.1) is 0 Å². The van der Waals surface area contributed by atoms with Crippen molar-refractivity contribution in [3.05, 3.63) is 54.1 Å². The van der Waals surface area contributed by atoms with E-state index in [1.54, 1.807) is 18.2 Å². The van der Waals surface area contributed by atoms with E-state index in [-0.39, 0.29) is 22.6 Å². The number of amides is 1. The number of nitrogens with one attached hydrogen (secondary N) is 3. The molecule has 132 valence electrons. The molecule has 1 saturated heterocycles. The SMILES string of the molecule is NS(=O)(=O)c1ccc(NC(=O)C2CC(c3ccccc3O)NN2)cc1. The van der Waals surface area contributed by atoms with Gasteiger partial charge in [0.25, 0.3) is 0 Å². The first-order valence-electron chi connectivity index (χ1n) is 7.57. The van der Waals surface area contributed by atoms with Gasteiger partial charge in [-0.1, -0.05) is 18.2 Å². The maximum absolute atomic E-state index is 12.3. The summed E-state index contributed by atoms with van der Waals surface area (Å²) in [6.07, 6.45) is 0.457. The number of carbonyl (C=O) groups is 1. The maximum atomic E-state index is 12.3. The van der Waals surface area contributed by atoms with Crippen molar-refractivity contribution >= 4 is 21.6 Å². The van der Waals surface area contributed by atoms with E-state index in [0.717, 1.165) is 0 Å². The van der Waals surface area contributed by atoms with Crippen LogP contribution in [0.3, 0.4) is 0 Å². The van der Waals surface area contributed by atoms with Gasteiger partial charge in [0.1, 0.15) is 11.8 Å². The zero-order valence-corrected chi connectivity index (χ0v) is 14.0. The summed E-state index contributed by atoms with van der Waals surface area (Å²) in [5.41, 5.74) is 7.07. The van der Waals surface area contributed by atoms with Crippen molar-refractivity contribution in [1.29, 1.82) is 0 Å². The van der Waals surface area contributed by atoms with Crippen LogP contribution in [0.2, 0.25) is 0 Å². The summed E-state index contributed by atoms with van der Waals surface area (Å²) >= 11 is 0. The summed E-state index contributed by atoms with van der Waals surface area (Å²) < 4.78 is 22.5. The molecular weight excluding hydrogens is 344 g/mol. The Hall–Kier alpha value is -2.46. The van der Waals surface area contributed by atoms with Crippen LogP contribution < -0.4 is 21.3 Å². The molecule has 1 aliphatic heterocycles. The second kappa shape index (κ2) is 6.81. The number of hydrazine groups is 1. The zero-order valence-electron chi connectivity index (χ0n) is 13.1. The van der Waals surface area contributed by atoms with Crippen LogP contribution in [0.1, 0.15) is 18.0 Å². The fourth-order valence-corrected chi connectivity index (χ4v) is 3.19. The predicted molar refractivity (Wildman–Crippen MR) is 92.0 cm³/mol. The molecule has 0 saturated carbocycles. The maximum Gasteiger partial charge on any atom is 0.242 e. The molecule has 1 aliphatic rings. The van der Waals surface area contributed by atoms with Gasteiger partial charge in [0.15, 0.2) is 0 Å². The van der Waals surface area contributed by atoms with Gasteiger partial charge in [0.05, 0.1) is 10.9 Å². The van der Waals surface area contributed by atoms with Crippen LogP contribution >= 0.6 is 0 Å². The Bertz CT molecular complexity index is 883. The molecule has 0 aliphatic carbocycles. The Morgan fingerprint density at radius 2 is 1.80 bits per heavy atom. The normalized spacial score (nSPS) is 20.4. The van der Waals surface area contributed by atoms with Gasteiger partial charge < -0.3 is 10.4 Å². The van der Waals surface area contributed by atoms with Crippen LogP contribution in [-0.4, -0.2) is 25.5 Å². The van der Waals surface area contributed by atoms with Crippen molar-refractivity contribution < 1.29 is 18.3 Å². The number of aromatic hydroxyl groups is 1. The Labute approximate surface area is 145 Å². The van der Waals surface area contributed by atoms with Crippen LogP contribution in [0.5, 0.6) is 5.75 Å². The number of primary sulfonamides is 1. The van der Waals surface area contributed by atoms with E-state index in [0.29, 0.717) is 17.7 Å². The van der Waals surface area contributed by atoms with Gasteiger partial charge in [-0.2, -0.15) is 0 Å². The summed E-state index contributed by atoms with van der Waals surface area (Å²) in [6.45, 7) is 0. The minimum atomic E-state index is -3.76. The molecule has 6 N–H and O–H groups in total. The van der Waals surface area contributed by atoms with Crippen LogP contribution in [0.4, 0.5) is 5.69 Å². The summed E-state index contributed by atoms with van der Waals surface area (Å²) in [5, 5.41) is 17.6. The first kappa shape index (κ1) is 17.4. The first-order chi connectivity index (χ1) is 11.8. The summed E-state index contributed by atoms with van der Waals surface area (Å²) in [5.74, 6) is -0.102. The number of sulfonamides is 1. The van der Waals surface area contributed by atoms with Crippen molar-refractivity contribution in [3.8, 4) is 5.75 Å². The lowest BCUT2D eigenvalue weighted by atomic mass is 10.0. The van der Waals surface area contributed by atoms with E-state index in [1.165, 1.54) is 24.3 Å². The highest BCUT2D eigenvalue weighted by atomic mass is 32.2. The molecule has 2 aromatic rings. The lowest BCUT2D eigenvalue weighted by Crippen LogP contribution is -2.39. The molecule has 1 fully saturated rings. The largest absolute Gasteiger partial charge is 0.508 e.